The highest BCUT2D eigenvalue weighted by atomic mass is 32.2. The van der Waals surface area contributed by atoms with Gasteiger partial charge in [-0.3, -0.25) is 0 Å². The van der Waals surface area contributed by atoms with Crippen LogP contribution in [0.4, 0.5) is 17.6 Å². The molecule has 9 heteroatoms. The van der Waals surface area contributed by atoms with E-state index in [1.807, 2.05) is 0 Å². The first-order chi connectivity index (χ1) is 9.10. The van der Waals surface area contributed by atoms with Crippen LogP contribution in [-0.4, -0.2) is 18.9 Å². The van der Waals surface area contributed by atoms with Crippen molar-refractivity contribution in [3.05, 3.63) is 35.8 Å². The summed E-state index contributed by atoms with van der Waals surface area (Å²) in [5.41, 5.74) is -5.22. The van der Waals surface area contributed by atoms with Gasteiger partial charge in [0.05, 0.1) is 0 Å². The average Bonchev–Trinajstić information content (AvgIpc) is 2.29. The van der Waals surface area contributed by atoms with Gasteiger partial charge in [-0.2, -0.15) is 21.6 Å². The Morgan fingerprint density at radius 1 is 1.15 bits per heavy atom. The molecule has 0 spiro atoms. The predicted octanol–water partition coefficient (Wildman–Crippen LogP) is 2.91. The van der Waals surface area contributed by atoms with E-state index in [-0.39, 0.29) is 5.39 Å². The number of hydrogen-bond donors (Lipinski definition) is 0. The molecule has 0 N–H and O–H groups in total. The molecule has 1 aromatic carbocycles. The number of benzene rings is 1. The summed E-state index contributed by atoms with van der Waals surface area (Å²) in [5, 5.41) is 0.621. The van der Waals surface area contributed by atoms with Crippen LogP contribution in [0.1, 0.15) is 5.56 Å². The summed E-state index contributed by atoms with van der Waals surface area (Å²) in [4.78, 5) is 3.45. The second-order valence-electron chi connectivity index (χ2n) is 3.95. The normalized spacial score (nSPS) is 12.7. The Bertz CT molecular complexity index is 771. The fourth-order valence-electron chi connectivity index (χ4n) is 1.46. The molecule has 108 valence electrons. The lowest BCUT2D eigenvalue weighted by Gasteiger charge is -2.09. The monoisotopic (exact) mass is 309 g/mol. The molecule has 0 radical (unpaired) electrons. The van der Waals surface area contributed by atoms with Crippen LogP contribution in [0, 0.1) is 12.7 Å². The van der Waals surface area contributed by atoms with E-state index in [2.05, 4.69) is 9.17 Å². The van der Waals surface area contributed by atoms with E-state index in [1.165, 1.54) is 13.0 Å². The number of aryl methyl sites for hydroxylation is 1. The van der Waals surface area contributed by atoms with Crippen molar-refractivity contribution in [2.24, 2.45) is 0 Å². The van der Waals surface area contributed by atoms with Crippen molar-refractivity contribution in [1.29, 1.82) is 0 Å². The zero-order chi connectivity index (χ0) is 15.1. The van der Waals surface area contributed by atoms with Gasteiger partial charge in [-0.15, -0.1) is 0 Å². The van der Waals surface area contributed by atoms with Crippen molar-refractivity contribution >= 4 is 20.9 Å². The lowest BCUT2D eigenvalue weighted by Crippen LogP contribution is -2.28. The van der Waals surface area contributed by atoms with Gasteiger partial charge in [0.15, 0.2) is 0 Å². The molecule has 0 bridgehead atoms. The summed E-state index contributed by atoms with van der Waals surface area (Å²) in [6.45, 7) is 1.51. The van der Waals surface area contributed by atoms with Crippen LogP contribution in [0.3, 0.4) is 0 Å². The molecule has 0 aliphatic heterocycles. The van der Waals surface area contributed by atoms with Crippen LogP contribution < -0.4 is 4.18 Å². The fourth-order valence-corrected chi connectivity index (χ4v) is 1.88. The summed E-state index contributed by atoms with van der Waals surface area (Å²) < 4.78 is 75.3. The van der Waals surface area contributed by atoms with Crippen molar-refractivity contribution < 1.29 is 30.2 Å². The van der Waals surface area contributed by atoms with E-state index in [0.29, 0.717) is 10.9 Å². The van der Waals surface area contributed by atoms with E-state index in [1.54, 1.807) is 0 Å². The number of pyridine rings is 1. The molecule has 1 heterocycles. The Labute approximate surface area is 111 Å². The van der Waals surface area contributed by atoms with E-state index >= 15 is 0 Å². The molecular formula is C11H7F4NO3S. The van der Waals surface area contributed by atoms with Crippen molar-refractivity contribution in [3.63, 3.8) is 0 Å². The van der Waals surface area contributed by atoms with Crippen molar-refractivity contribution in [3.8, 4) is 5.88 Å². The molecule has 0 saturated heterocycles. The van der Waals surface area contributed by atoms with Crippen LogP contribution in [-0.2, 0) is 10.1 Å². The minimum absolute atomic E-state index is 0.176. The average molecular weight is 309 g/mol. The van der Waals surface area contributed by atoms with Crippen LogP contribution in [0.15, 0.2) is 24.4 Å². The van der Waals surface area contributed by atoms with Crippen molar-refractivity contribution in [2.75, 3.05) is 0 Å². The summed E-state index contributed by atoms with van der Waals surface area (Å²) >= 11 is 0. The number of rotatable bonds is 2. The number of alkyl halides is 3. The molecule has 0 aliphatic carbocycles. The molecule has 0 amide bonds. The summed E-state index contributed by atoms with van der Waals surface area (Å²) in [5.74, 6) is -1.36. The standard InChI is InChI=1S/C11H7F4NO3S/c1-6-2-8-5-16-10(4-7(8)3-9(6)12)19-20(17,18)11(13,14)15/h2-5H,1H3. The van der Waals surface area contributed by atoms with E-state index in [4.69, 9.17) is 0 Å². The largest absolute Gasteiger partial charge is 0.534 e. The quantitative estimate of drug-likeness (QED) is 0.486. The molecule has 0 unspecified atom stereocenters. The van der Waals surface area contributed by atoms with Crippen LogP contribution in [0.2, 0.25) is 0 Å². The maximum atomic E-state index is 13.3. The first kappa shape index (κ1) is 14.5. The molecular weight excluding hydrogens is 302 g/mol. The molecule has 0 aliphatic rings. The fraction of sp³-hybridized carbons (Fsp3) is 0.182. The summed E-state index contributed by atoms with van der Waals surface area (Å²) in [7, 11) is -5.79. The Hall–Kier alpha value is -1.90. The minimum atomic E-state index is -5.79. The van der Waals surface area contributed by atoms with Gasteiger partial charge < -0.3 is 4.18 Å². The number of nitrogens with zero attached hydrogens (tertiary/aromatic N) is 1. The van der Waals surface area contributed by atoms with Gasteiger partial charge in [0.1, 0.15) is 5.82 Å². The van der Waals surface area contributed by atoms with Crippen LogP contribution in [0.25, 0.3) is 10.8 Å². The Morgan fingerprint density at radius 3 is 2.40 bits per heavy atom. The topological polar surface area (TPSA) is 56.3 Å². The molecule has 2 aromatic rings. The highest BCUT2D eigenvalue weighted by molar-refractivity contribution is 7.87. The Morgan fingerprint density at radius 2 is 1.80 bits per heavy atom. The molecule has 4 nitrogen and oxygen atoms in total. The Balaban J connectivity index is 2.45. The highest BCUT2D eigenvalue weighted by Crippen LogP contribution is 2.28. The van der Waals surface area contributed by atoms with Crippen molar-refractivity contribution in [2.45, 2.75) is 12.4 Å². The van der Waals surface area contributed by atoms with Gasteiger partial charge in [-0.25, -0.2) is 9.37 Å². The first-order valence-corrected chi connectivity index (χ1v) is 6.57. The molecule has 1 aromatic heterocycles. The van der Waals surface area contributed by atoms with E-state index < -0.39 is 27.3 Å². The third kappa shape index (κ3) is 2.67. The van der Waals surface area contributed by atoms with Crippen LogP contribution in [0.5, 0.6) is 5.88 Å². The summed E-state index contributed by atoms with van der Waals surface area (Å²) in [6, 6.07) is 3.40. The van der Waals surface area contributed by atoms with Gasteiger partial charge in [0.25, 0.3) is 0 Å². The van der Waals surface area contributed by atoms with Gasteiger partial charge in [-0.05, 0) is 30.0 Å². The molecule has 20 heavy (non-hydrogen) atoms. The van der Waals surface area contributed by atoms with Gasteiger partial charge in [0.2, 0.25) is 5.88 Å². The molecule has 0 saturated carbocycles. The minimum Gasteiger partial charge on any atom is -0.355 e. The van der Waals surface area contributed by atoms with Gasteiger partial charge in [0, 0.05) is 17.6 Å². The second-order valence-corrected chi connectivity index (χ2v) is 5.49. The molecule has 2 rings (SSSR count). The molecule has 0 atom stereocenters. The zero-order valence-corrected chi connectivity index (χ0v) is 10.7. The summed E-state index contributed by atoms with van der Waals surface area (Å²) in [6.07, 6.45) is 1.10. The Kier molecular flexibility index (Phi) is 3.32. The second kappa shape index (κ2) is 4.58. The smallest absolute Gasteiger partial charge is 0.355 e. The number of aromatic nitrogens is 1. The van der Waals surface area contributed by atoms with Crippen LogP contribution >= 0.6 is 0 Å². The SMILES string of the molecule is Cc1cc2cnc(OS(=O)(=O)C(F)(F)F)cc2cc1F. The third-order valence-electron chi connectivity index (χ3n) is 2.45. The zero-order valence-electron chi connectivity index (χ0n) is 9.90. The predicted molar refractivity (Wildman–Crippen MR) is 62.0 cm³/mol. The third-order valence-corrected chi connectivity index (χ3v) is 3.41. The maximum absolute atomic E-state index is 13.3. The highest BCUT2D eigenvalue weighted by Gasteiger charge is 2.48. The van der Waals surface area contributed by atoms with Gasteiger partial charge in [-0.1, -0.05) is 0 Å². The van der Waals surface area contributed by atoms with Crippen molar-refractivity contribution in [1.82, 2.24) is 4.98 Å². The maximum Gasteiger partial charge on any atom is 0.534 e. The first-order valence-electron chi connectivity index (χ1n) is 5.17. The van der Waals surface area contributed by atoms with E-state index in [0.717, 1.165) is 18.3 Å². The van der Waals surface area contributed by atoms with E-state index in [9.17, 15) is 26.0 Å². The number of fused-ring (bicyclic) bond motifs is 1. The molecule has 0 fully saturated rings. The number of hydrogen-bond acceptors (Lipinski definition) is 4. The van der Waals surface area contributed by atoms with Gasteiger partial charge >= 0.3 is 15.6 Å². The lowest BCUT2D eigenvalue weighted by molar-refractivity contribution is -0.0501. The number of halogens is 4. The lowest BCUT2D eigenvalue weighted by atomic mass is 10.1.